The molecule has 0 saturated carbocycles. The van der Waals surface area contributed by atoms with Gasteiger partial charge >= 0.3 is 5.97 Å². The van der Waals surface area contributed by atoms with E-state index in [1.165, 1.54) is 24.4 Å². The summed E-state index contributed by atoms with van der Waals surface area (Å²) in [4.78, 5) is 20.1. The molecule has 0 unspecified atom stereocenters. The molecular formula is C35H40N6O5S. The number of aromatic carboxylic acids is 1. The zero-order valence-electron chi connectivity index (χ0n) is 26.8. The van der Waals surface area contributed by atoms with Crippen LogP contribution in [0, 0.1) is 25.2 Å². The van der Waals surface area contributed by atoms with Gasteiger partial charge in [-0.05, 0) is 61.1 Å². The summed E-state index contributed by atoms with van der Waals surface area (Å²) in [5.74, 6) is -1.02. The van der Waals surface area contributed by atoms with Crippen LogP contribution in [0.1, 0.15) is 47.3 Å². The number of nitrogens with one attached hydrogen (secondary N) is 4. The first kappa shape index (κ1) is 34.6. The van der Waals surface area contributed by atoms with Gasteiger partial charge in [0.05, 0.1) is 27.9 Å². The maximum absolute atomic E-state index is 13.3. The van der Waals surface area contributed by atoms with Crippen molar-refractivity contribution in [2.75, 3.05) is 11.3 Å². The molecule has 0 aliphatic carbocycles. The summed E-state index contributed by atoms with van der Waals surface area (Å²) in [6, 6.07) is 22.2. The zero-order valence-corrected chi connectivity index (χ0v) is 27.6. The highest BCUT2D eigenvalue weighted by Gasteiger charge is 2.21. The van der Waals surface area contributed by atoms with E-state index in [2.05, 4.69) is 39.2 Å². The lowest BCUT2D eigenvalue weighted by Gasteiger charge is -2.22. The Kier molecular flexibility index (Phi) is 11.7. The van der Waals surface area contributed by atoms with Crippen molar-refractivity contribution in [2.45, 2.75) is 51.6 Å². The number of carboxylic acid groups (broad SMARTS) is 1. The van der Waals surface area contributed by atoms with E-state index in [1.807, 2.05) is 62.4 Å². The Balaban J connectivity index is 1.61. The number of rotatable bonds is 16. The van der Waals surface area contributed by atoms with Crippen molar-refractivity contribution < 1.29 is 23.1 Å². The van der Waals surface area contributed by atoms with Crippen LogP contribution in [-0.2, 0) is 16.6 Å². The lowest BCUT2D eigenvalue weighted by Crippen LogP contribution is -2.36. The van der Waals surface area contributed by atoms with E-state index < -0.39 is 16.0 Å². The van der Waals surface area contributed by atoms with E-state index >= 15 is 0 Å². The van der Waals surface area contributed by atoms with Gasteiger partial charge in [0.25, 0.3) is 10.0 Å². The van der Waals surface area contributed by atoms with Gasteiger partial charge in [-0.15, -0.1) is 0 Å². The van der Waals surface area contributed by atoms with E-state index in [0.29, 0.717) is 23.9 Å². The fourth-order valence-electron chi connectivity index (χ4n) is 5.03. The second kappa shape index (κ2) is 15.9. The van der Waals surface area contributed by atoms with Crippen LogP contribution in [0.25, 0.3) is 11.3 Å². The third-order valence-corrected chi connectivity index (χ3v) is 8.50. The third kappa shape index (κ3) is 9.88. The van der Waals surface area contributed by atoms with Crippen LogP contribution in [0.5, 0.6) is 5.88 Å². The maximum atomic E-state index is 13.3. The number of allylic oxidation sites excluding steroid dienone is 1. The second-order valence-corrected chi connectivity index (χ2v) is 13.2. The summed E-state index contributed by atoms with van der Waals surface area (Å²) in [5, 5.41) is 23.9. The Morgan fingerprint density at radius 1 is 0.979 bits per heavy atom. The van der Waals surface area contributed by atoms with Crippen LogP contribution >= 0.6 is 0 Å². The van der Waals surface area contributed by atoms with Crippen molar-refractivity contribution in [3.8, 4) is 17.1 Å². The standard InChI is InChI=1S/C35H40N6O5S/c1-23(2)16-28(38-29(19-36)21-37-20-26-12-6-5-7-13-26)22-46-32-18-31(33-24(3)10-8-11-25(33)4)39-35(40-32)41-47(44,45)30-15-9-14-27(17-30)34(42)43/h5-15,17-19,21,23,28,36-38H,16,20,22H2,1-4H3,(H,42,43)(H,39,40,41)/b29-21+,36-19?/t28-/m1/s1. The van der Waals surface area contributed by atoms with Crippen molar-refractivity contribution >= 4 is 28.2 Å². The van der Waals surface area contributed by atoms with E-state index in [9.17, 15) is 18.3 Å². The number of anilines is 1. The predicted molar refractivity (Wildman–Crippen MR) is 183 cm³/mol. The highest BCUT2D eigenvalue weighted by Crippen LogP contribution is 2.29. The molecule has 4 aromatic rings. The Hall–Kier alpha value is -5.23. The minimum absolute atomic E-state index is 0.146. The average molecular weight is 657 g/mol. The third-order valence-electron chi connectivity index (χ3n) is 7.18. The minimum Gasteiger partial charge on any atom is -0.478 e. The molecule has 3 aromatic carbocycles. The Morgan fingerprint density at radius 3 is 2.34 bits per heavy atom. The lowest BCUT2D eigenvalue weighted by atomic mass is 10.00. The van der Waals surface area contributed by atoms with Gasteiger partial charge in [-0.1, -0.05) is 68.4 Å². The molecule has 0 aliphatic rings. The van der Waals surface area contributed by atoms with Crippen LogP contribution in [0.3, 0.4) is 0 Å². The molecule has 246 valence electrons. The smallest absolute Gasteiger partial charge is 0.335 e. The molecule has 0 fully saturated rings. The van der Waals surface area contributed by atoms with Crippen LogP contribution in [-0.4, -0.2) is 48.3 Å². The molecule has 0 saturated heterocycles. The molecule has 0 amide bonds. The molecule has 11 nitrogen and oxygen atoms in total. The number of sulfonamides is 1. The highest BCUT2D eigenvalue weighted by atomic mass is 32.2. The largest absolute Gasteiger partial charge is 0.478 e. The SMILES string of the molecule is Cc1cccc(C)c1-c1cc(OC[C@@H](CC(C)C)N/C(C=N)=C/NCc2ccccc2)nc(NS(=O)(=O)c2cccc(C(=O)O)c2)n1. The van der Waals surface area contributed by atoms with Gasteiger partial charge in [0, 0.05) is 30.6 Å². The van der Waals surface area contributed by atoms with E-state index in [-0.39, 0.29) is 34.9 Å². The molecule has 0 bridgehead atoms. The summed E-state index contributed by atoms with van der Waals surface area (Å²) in [7, 11) is -4.25. The first-order chi connectivity index (χ1) is 22.4. The summed E-state index contributed by atoms with van der Waals surface area (Å²) >= 11 is 0. The molecular weight excluding hydrogens is 616 g/mol. The number of hydrogen-bond acceptors (Lipinski definition) is 9. The zero-order chi connectivity index (χ0) is 34.0. The minimum atomic E-state index is -4.25. The molecule has 0 spiro atoms. The van der Waals surface area contributed by atoms with Crippen LogP contribution in [0.2, 0.25) is 0 Å². The quantitative estimate of drug-likeness (QED) is 0.0920. The average Bonchev–Trinajstić information content (AvgIpc) is 3.03. The van der Waals surface area contributed by atoms with Crippen molar-refractivity contribution in [1.82, 2.24) is 20.6 Å². The molecule has 5 N–H and O–H groups in total. The number of nitrogens with zero attached hydrogens (tertiary/aromatic N) is 2. The molecule has 1 aromatic heterocycles. The first-order valence-electron chi connectivity index (χ1n) is 15.1. The topological polar surface area (TPSA) is 166 Å². The number of aromatic nitrogens is 2. The fourth-order valence-corrected chi connectivity index (χ4v) is 6.01. The number of hydrogen-bond donors (Lipinski definition) is 5. The van der Waals surface area contributed by atoms with Gasteiger partial charge in [-0.25, -0.2) is 22.9 Å². The lowest BCUT2D eigenvalue weighted by molar-refractivity contribution is 0.0696. The molecule has 1 atom stereocenters. The van der Waals surface area contributed by atoms with Gasteiger partial charge < -0.3 is 25.9 Å². The van der Waals surface area contributed by atoms with Crippen molar-refractivity contribution in [3.05, 3.63) is 113 Å². The molecule has 0 aliphatic heterocycles. The summed E-state index contributed by atoms with van der Waals surface area (Å²) in [5.41, 5.74) is 4.65. The van der Waals surface area contributed by atoms with Crippen LogP contribution < -0.4 is 20.1 Å². The fraction of sp³-hybridized carbons (Fsp3) is 0.257. The van der Waals surface area contributed by atoms with E-state index in [1.54, 1.807) is 12.3 Å². The molecule has 0 radical (unpaired) electrons. The highest BCUT2D eigenvalue weighted by molar-refractivity contribution is 7.92. The van der Waals surface area contributed by atoms with Gasteiger partial charge in [-0.3, -0.25) is 0 Å². The number of ether oxygens (including phenoxy) is 1. The molecule has 47 heavy (non-hydrogen) atoms. The number of carboxylic acids is 1. The van der Waals surface area contributed by atoms with Crippen LogP contribution in [0.4, 0.5) is 5.95 Å². The normalized spacial score (nSPS) is 12.3. The van der Waals surface area contributed by atoms with E-state index in [0.717, 1.165) is 34.7 Å². The Bertz CT molecular complexity index is 1820. The maximum Gasteiger partial charge on any atom is 0.335 e. The first-order valence-corrected chi connectivity index (χ1v) is 16.6. The Labute approximate surface area is 275 Å². The number of benzene rings is 3. The van der Waals surface area contributed by atoms with Crippen molar-refractivity contribution in [3.63, 3.8) is 0 Å². The summed E-state index contributed by atoms with van der Waals surface area (Å²) < 4.78 is 35.2. The van der Waals surface area contributed by atoms with E-state index in [4.69, 9.17) is 10.1 Å². The molecule has 1 heterocycles. The second-order valence-electron chi connectivity index (χ2n) is 11.5. The monoisotopic (exact) mass is 656 g/mol. The van der Waals surface area contributed by atoms with Crippen molar-refractivity contribution in [1.29, 1.82) is 5.41 Å². The predicted octanol–water partition coefficient (Wildman–Crippen LogP) is 5.92. The van der Waals surface area contributed by atoms with Crippen molar-refractivity contribution in [2.24, 2.45) is 5.92 Å². The Morgan fingerprint density at radius 2 is 1.68 bits per heavy atom. The van der Waals surface area contributed by atoms with Gasteiger partial charge in [0.2, 0.25) is 11.8 Å². The van der Waals surface area contributed by atoms with Gasteiger partial charge in [0.1, 0.15) is 6.61 Å². The molecule has 12 heteroatoms. The summed E-state index contributed by atoms with van der Waals surface area (Å²) in [6.45, 7) is 8.82. The molecule has 4 rings (SSSR count). The van der Waals surface area contributed by atoms with Gasteiger partial charge in [0.15, 0.2) is 0 Å². The number of aryl methyl sites for hydroxylation is 2. The van der Waals surface area contributed by atoms with Crippen LogP contribution in [0.15, 0.2) is 95.7 Å². The summed E-state index contributed by atoms with van der Waals surface area (Å²) in [6.07, 6.45) is 3.71. The van der Waals surface area contributed by atoms with Gasteiger partial charge in [-0.2, -0.15) is 4.98 Å². The number of carbonyl (C=O) groups is 1.